The number of H-pyrrole nitrogens is 1. The summed E-state index contributed by atoms with van der Waals surface area (Å²) in [4.78, 5) is 18.6. The van der Waals surface area contributed by atoms with Gasteiger partial charge in [-0.15, -0.1) is 12.4 Å². The number of hydrogen-bond donors (Lipinski definition) is 2. The van der Waals surface area contributed by atoms with Crippen molar-refractivity contribution in [2.24, 2.45) is 0 Å². The molecule has 6 nitrogen and oxygen atoms in total. The molecule has 0 saturated carbocycles. The zero-order valence-corrected chi connectivity index (χ0v) is 12.4. The number of anilines is 1. The number of esters is 1. The lowest BCUT2D eigenvalue weighted by molar-refractivity contribution is -0.157. The summed E-state index contributed by atoms with van der Waals surface area (Å²) < 4.78 is 10.6. The Labute approximate surface area is 123 Å². The van der Waals surface area contributed by atoms with E-state index in [9.17, 15) is 4.79 Å². The predicted molar refractivity (Wildman–Crippen MR) is 79.1 cm³/mol. The topological polar surface area (TPSA) is 90.2 Å². The maximum Gasteiger partial charge on any atom is 0.344 e. The number of nitrogen functional groups attached to an aromatic ring is 1. The minimum Gasteiger partial charge on any atom is -0.480 e. The molecule has 0 bridgehead atoms. The number of para-hydroxylation sites is 1. The van der Waals surface area contributed by atoms with E-state index in [1.165, 1.54) is 0 Å². The SMILES string of the molecule is CC(C)(C)OC(=O)COc1cccc2[nH]c(N)nc12.Cl. The summed E-state index contributed by atoms with van der Waals surface area (Å²) in [5, 5.41) is 0. The minimum atomic E-state index is -0.525. The van der Waals surface area contributed by atoms with Crippen LogP contribution >= 0.6 is 12.4 Å². The van der Waals surface area contributed by atoms with Crippen LogP contribution in [-0.4, -0.2) is 28.1 Å². The number of halogens is 1. The van der Waals surface area contributed by atoms with E-state index in [0.29, 0.717) is 17.2 Å². The molecule has 20 heavy (non-hydrogen) atoms. The van der Waals surface area contributed by atoms with E-state index in [0.717, 1.165) is 5.52 Å². The number of fused-ring (bicyclic) bond motifs is 1. The van der Waals surface area contributed by atoms with Crippen molar-refractivity contribution in [2.45, 2.75) is 26.4 Å². The van der Waals surface area contributed by atoms with Crippen LogP contribution < -0.4 is 10.5 Å². The monoisotopic (exact) mass is 299 g/mol. The molecule has 0 saturated heterocycles. The number of hydrogen-bond acceptors (Lipinski definition) is 5. The van der Waals surface area contributed by atoms with Gasteiger partial charge >= 0.3 is 5.97 Å². The Kier molecular flexibility index (Phi) is 4.83. The van der Waals surface area contributed by atoms with Crippen molar-refractivity contribution in [1.82, 2.24) is 9.97 Å². The van der Waals surface area contributed by atoms with E-state index in [2.05, 4.69) is 9.97 Å². The summed E-state index contributed by atoms with van der Waals surface area (Å²) in [5.41, 5.74) is 6.42. The fraction of sp³-hybridized carbons (Fsp3) is 0.385. The van der Waals surface area contributed by atoms with Crippen LogP contribution in [0.5, 0.6) is 5.75 Å². The van der Waals surface area contributed by atoms with E-state index in [1.807, 2.05) is 6.07 Å². The standard InChI is InChI=1S/C13H17N3O3.ClH/c1-13(2,3)19-10(17)7-18-9-6-4-5-8-11(9)16-12(14)15-8;/h4-6H,7H2,1-3H3,(H3,14,15,16);1H. The molecule has 1 aromatic carbocycles. The first-order chi connectivity index (χ1) is 8.85. The number of carbonyl (C=O) groups is 1. The number of nitrogens with zero attached hydrogens (tertiary/aromatic N) is 1. The minimum absolute atomic E-state index is 0. The molecule has 0 amide bonds. The number of carbonyl (C=O) groups excluding carboxylic acids is 1. The van der Waals surface area contributed by atoms with Gasteiger partial charge in [-0.3, -0.25) is 0 Å². The molecule has 1 heterocycles. The van der Waals surface area contributed by atoms with Gasteiger partial charge in [0, 0.05) is 0 Å². The Balaban J connectivity index is 0.00000200. The highest BCUT2D eigenvalue weighted by Crippen LogP contribution is 2.24. The van der Waals surface area contributed by atoms with Crippen LogP contribution in [0.4, 0.5) is 5.95 Å². The van der Waals surface area contributed by atoms with E-state index in [-0.39, 0.29) is 19.0 Å². The molecule has 1 aromatic heterocycles. The number of nitrogens with two attached hydrogens (primary N) is 1. The Morgan fingerprint density at radius 3 is 2.75 bits per heavy atom. The van der Waals surface area contributed by atoms with Crippen molar-refractivity contribution in [3.8, 4) is 5.75 Å². The average Bonchev–Trinajstić information content (AvgIpc) is 2.64. The maximum absolute atomic E-state index is 11.6. The van der Waals surface area contributed by atoms with Gasteiger partial charge < -0.3 is 20.2 Å². The van der Waals surface area contributed by atoms with Crippen molar-refractivity contribution in [3.05, 3.63) is 18.2 Å². The molecule has 0 aliphatic carbocycles. The van der Waals surface area contributed by atoms with Crippen molar-refractivity contribution in [3.63, 3.8) is 0 Å². The van der Waals surface area contributed by atoms with E-state index in [1.54, 1.807) is 32.9 Å². The molecule has 2 rings (SSSR count). The van der Waals surface area contributed by atoms with Crippen molar-refractivity contribution >= 4 is 35.4 Å². The number of nitrogens with one attached hydrogen (secondary N) is 1. The van der Waals surface area contributed by atoms with Gasteiger partial charge in [0.2, 0.25) is 0 Å². The molecule has 110 valence electrons. The number of benzene rings is 1. The molecule has 2 aromatic rings. The average molecular weight is 300 g/mol. The number of aromatic amines is 1. The van der Waals surface area contributed by atoms with Gasteiger partial charge in [-0.2, -0.15) is 0 Å². The summed E-state index contributed by atoms with van der Waals surface area (Å²) in [6, 6.07) is 5.36. The number of imidazole rings is 1. The predicted octanol–water partition coefficient (Wildman–Crippen LogP) is 2.29. The normalized spacial score (nSPS) is 10.9. The van der Waals surface area contributed by atoms with Gasteiger partial charge in [0.05, 0.1) is 5.52 Å². The second-order valence-electron chi connectivity index (χ2n) is 5.15. The number of rotatable bonds is 3. The van der Waals surface area contributed by atoms with Crippen LogP contribution in [-0.2, 0) is 9.53 Å². The molecular weight excluding hydrogens is 282 g/mol. The Hall–Kier alpha value is -1.95. The summed E-state index contributed by atoms with van der Waals surface area (Å²) in [5.74, 6) is 0.382. The molecular formula is C13H18ClN3O3. The molecule has 7 heteroatoms. The van der Waals surface area contributed by atoms with Crippen LogP contribution in [0, 0.1) is 0 Å². The summed E-state index contributed by atoms with van der Waals surface area (Å²) >= 11 is 0. The largest absolute Gasteiger partial charge is 0.480 e. The molecule has 0 unspecified atom stereocenters. The molecule has 3 N–H and O–H groups in total. The quantitative estimate of drug-likeness (QED) is 0.849. The Bertz CT molecular complexity index is 604. The third kappa shape index (κ3) is 4.03. The van der Waals surface area contributed by atoms with Gasteiger partial charge in [0.25, 0.3) is 0 Å². The van der Waals surface area contributed by atoms with Crippen LogP contribution in [0.3, 0.4) is 0 Å². The summed E-state index contributed by atoms with van der Waals surface area (Å²) in [7, 11) is 0. The van der Waals surface area contributed by atoms with Crippen molar-refractivity contribution < 1.29 is 14.3 Å². The fourth-order valence-corrected chi connectivity index (χ4v) is 1.65. The van der Waals surface area contributed by atoms with Crippen LogP contribution in [0.1, 0.15) is 20.8 Å². The van der Waals surface area contributed by atoms with Crippen LogP contribution in [0.25, 0.3) is 11.0 Å². The lowest BCUT2D eigenvalue weighted by atomic mass is 10.2. The van der Waals surface area contributed by atoms with E-state index < -0.39 is 11.6 Å². The van der Waals surface area contributed by atoms with Crippen molar-refractivity contribution in [1.29, 1.82) is 0 Å². The Morgan fingerprint density at radius 2 is 2.10 bits per heavy atom. The van der Waals surface area contributed by atoms with E-state index >= 15 is 0 Å². The zero-order valence-electron chi connectivity index (χ0n) is 11.6. The zero-order chi connectivity index (χ0) is 14.0. The number of aromatic nitrogens is 2. The van der Waals surface area contributed by atoms with E-state index in [4.69, 9.17) is 15.2 Å². The van der Waals surface area contributed by atoms with Crippen LogP contribution in [0.2, 0.25) is 0 Å². The summed E-state index contributed by atoms with van der Waals surface area (Å²) in [6.45, 7) is 5.25. The molecule has 0 aliphatic rings. The summed E-state index contributed by atoms with van der Waals surface area (Å²) in [6.07, 6.45) is 0. The highest BCUT2D eigenvalue weighted by atomic mass is 35.5. The second-order valence-corrected chi connectivity index (χ2v) is 5.15. The highest BCUT2D eigenvalue weighted by molar-refractivity contribution is 5.85. The van der Waals surface area contributed by atoms with Gasteiger partial charge in [0.15, 0.2) is 12.6 Å². The third-order valence-corrected chi connectivity index (χ3v) is 2.26. The molecule has 0 spiro atoms. The first-order valence-corrected chi connectivity index (χ1v) is 5.94. The molecule has 0 aliphatic heterocycles. The molecule has 0 atom stereocenters. The fourth-order valence-electron chi connectivity index (χ4n) is 1.65. The smallest absolute Gasteiger partial charge is 0.344 e. The number of ether oxygens (including phenoxy) is 2. The lowest BCUT2D eigenvalue weighted by Gasteiger charge is -2.19. The first kappa shape index (κ1) is 16.1. The first-order valence-electron chi connectivity index (χ1n) is 5.94. The third-order valence-electron chi connectivity index (χ3n) is 2.26. The lowest BCUT2D eigenvalue weighted by Crippen LogP contribution is -2.27. The second kappa shape index (κ2) is 6.00. The van der Waals surface area contributed by atoms with Gasteiger partial charge in [-0.05, 0) is 32.9 Å². The van der Waals surface area contributed by atoms with Gasteiger partial charge in [0.1, 0.15) is 16.9 Å². The molecule has 0 radical (unpaired) electrons. The van der Waals surface area contributed by atoms with Crippen molar-refractivity contribution in [2.75, 3.05) is 12.3 Å². The molecule has 0 fully saturated rings. The Morgan fingerprint density at radius 1 is 1.40 bits per heavy atom. The van der Waals surface area contributed by atoms with Crippen LogP contribution in [0.15, 0.2) is 18.2 Å². The van der Waals surface area contributed by atoms with Gasteiger partial charge in [-0.1, -0.05) is 6.07 Å². The highest BCUT2D eigenvalue weighted by Gasteiger charge is 2.17. The van der Waals surface area contributed by atoms with Gasteiger partial charge in [-0.25, -0.2) is 9.78 Å². The maximum atomic E-state index is 11.6.